The third kappa shape index (κ3) is 3.65. The van der Waals surface area contributed by atoms with Gasteiger partial charge in [0.2, 0.25) is 5.91 Å². The minimum atomic E-state index is -0.789. The van der Waals surface area contributed by atoms with E-state index in [2.05, 4.69) is 5.32 Å². The molecule has 1 heterocycles. The minimum absolute atomic E-state index is 0.0116. The molecule has 0 aromatic heterocycles. The molecule has 0 aromatic carbocycles. The van der Waals surface area contributed by atoms with Crippen molar-refractivity contribution in [2.45, 2.75) is 38.6 Å². The average molecular weight is 297 g/mol. The number of carboxylic acids is 1. The Morgan fingerprint density at radius 2 is 1.95 bits per heavy atom. The highest BCUT2D eigenvalue weighted by Crippen LogP contribution is 2.26. The summed E-state index contributed by atoms with van der Waals surface area (Å²) in [7, 11) is 0. The predicted octanol–water partition coefficient (Wildman–Crippen LogP) is 0.393. The van der Waals surface area contributed by atoms with Crippen LogP contribution in [0.2, 0.25) is 0 Å². The van der Waals surface area contributed by atoms with Crippen LogP contribution in [0.15, 0.2) is 0 Å². The number of hydrogen-bond acceptors (Lipinski definition) is 3. The van der Waals surface area contributed by atoms with E-state index in [0.29, 0.717) is 25.9 Å². The molecule has 118 valence electrons. The fourth-order valence-corrected chi connectivity index (χ4v) is 3.33. The number of rotatable bonds is 3. The van der Waals surface area contributed by atoms with Gasteiger partial charge in [-0.3, -0.25) is 9.59 Å². The predicted molar refractivity (Wildman–Crippen MR) is 75.3 cm³/mol. The second-order valence-corrected chi connectivity index (χ2v) is 6.22. The molecule has 0 bridgehead atoms. The van der Waals surface area contributed by atoms with Gasteiger partial charge in [-0.25, -0.2) is 4.79 Å². The molecule has 3 amide bonds. The molecular weight excluding hydrogens is 274 g/mol. The molecule has 4 atom stereocenters. The zero-order valence-electron chi connectivity index (χ0n) is 12.2. The highest BCUT2D eigenvalue weighted by atomic mass is 16.4. The Kier molecular flexibility index (Phi) is 4.69. The maximum atomic E-state index is 12.2. The number of primary amides is 1. The van der Waals surface area contributed by atoms with Gasteiger partial charge >= 0.3 is 12.0 Å². The van der Waals surface area contributed by atoms with Crippen LogP contribution in [0, 0.1) is 17.8 Å². The van der Waals surface area contributed by atoms with Crippen LogP contribution in [0.25, 0.3) is 0 Å². The van der Waals surface area contributed by atoms with E-state index in [0.717, 1.165) is 12.8 Å². The first kappa shape index (κ1) is 15.6. The van der Waals surface area contributed by atoms with E-state index in [1.165, 1.54) is 0 Å². The summed E-state index contributed by atoms with van der Waals surface area (Å²) in [5, 5.41) is 12.0. The first-order valence-corrected chi connectivity index (χ1v) is 7.46. The number of amides is 3. The molecule has 4 N–H and O–H groups in total. The monoisotopic (exact) mass is 297 g/mol. The molecule has 0 radical (unpaired) electrons. The van der Waals surface area contributed by atoms with Crippen molar-refractivity contribution >= 4 is 17.9 Å². The second kappa shape index (κ2) is 6.32. The fourth-order valence-electron chi connectivity index (χ4n) is 3.33. The van der Waals surface area contributed by atoms with Crippen LogP contribution in [0.5, 0.6) is 0 Å². The van der Waals surface area contributed by atoms with E-state index in [1.807, 2.05) is 6.92 Å². The average Bonchev–Trinajstić information content (AvgIpc) is 2.86. The number of nitrogens with zero attached hydrogens (tertiary/aromatic N) is 1. The van der Waals surface area contributed by atoms with E-state index >= 15 is 0 Å². The van der Waals surface area contributed by atoms with Gasteiger partial charge < -0.3 is 21.1 Å². The van der Waals surface area contributed by atoms with Crippen molar-refractivity contribution in [2.24, 2.45) is 23.5 Å². The van der Waals surface area contributed by atoms with Gasteiger partial charge in [0, 0.05) is 25.0 Å². The zero-order chi connectivity index (χ0) is 15.6. The van der Waals surface area contributed by atoms with Crippen LogP contribution >= 0.6 is 0 Å². The summed E-state index contributed by atoms with van der Waals surface area (Å²) in [4.78, 5) is 36.1. The Morgan fingerprint density at radius 3 is 2.48 bits per heavy atom. The van der Waals surface area contributed by atoms with E-state index < -0.39 is 5.97 Å². The maximum absolute atomic E-state index is 12.2. The molecular formula is C14H23N3O4. The van der Waals surface area contributed by atoms with Crippen LogP contribution < -0.4 is 11.1 Å². The normalized spacial score (nSPS) is 32.7. The molecule has 2 aliphatic rings. The molecule has 1 aliphatic heterocycles. The van der Waals surface area contributed by atoms with E-state index in [-0.39, 0.29) is 35.7 Å². The summed E-state index contributed by atoms with van der Waals surface area (Å²) in [5.41, 5.74) is 5.28. The molecule has 7 heteroatoms. The Labute approximate surface area is 123 Å². The Morgan fingerprint density at radius 1 is 1.24 bits per heavy atom. The fraction of sp³-hybridized carbons (Fsp3) is 0.786. The molecule has 7 nitrogen and oxygen atoms in total. The van der Waals surface area contributed by atoms with Crippen molar-refractivity contribution in [3.05, 3.63) is 0 Å². The molecule has 21 heavy (non-hydrogen) atoms. The Balaban J connectivity index is 1.82. The van der Waals surface area contributed by atoms with Crippen LogP contribution in [-0.4, -0.2) is 47.0 Å². The number of urea groups is 1. The number of nitrogens with one attached hydrogen (secondary N) is 1. The highest BCUT2D eigenvalue weighted by molar-refractivity contribution is 5.78. The summed E-state index contributed by atoms with van der Waals surface area (Å²) < 4.78 is 0. The van der Waals surface area contributed by atoms with Crippen molar-refractivity contribution < 1.29 is 19.5 Å². The SMILES string of the molecule is CC1CN(C(=O)N[C@@H]2CC[C@H](C(N)=O)C2)CCC1C(=O)O. The lowest BCUT2D eigenvalue weighted by atomic mass is 9.87. The summed E-state index contributed by atoms with van der Waals surface area (Å²) in [6.45, 7) is 2.77. The largest absolute Gasteiger partial charge is 0.481 e. The van der Waals surface area contributed by atoms with Gasteiger partial charge in [0.25, 0.3) is 0 Å². The number of aliphatic carboxylic acids is 1. The maximum Gasteiger partial charge on any atom is 0.317 e. The quantitative estimate of drug-likeness (QED) is 0.699. The molecule has 0 aromatic rings. The number of carboxylic acid groups (broad SMARTS) is 1. The number of hydrogen-bond donors (Lipinski definition) is 3. The number of likely N-dealkylation sites (tertiary alicyclic amines) is 1. The van der Waals surface area contributed by atoms with E-state index in [4.69, 9.17) is 10.8 Å². The van der Waals surface area contributed by atoms with Crippen LogP contribution in [-0.2, 0) is 9.59 Å². The lowest BCUT2D eigenvalue weighted by molar-refractivity contribution is -0.145. The summed E-state index contributed by atoms with van der Waals surface area (Å²) in [6.07, 6.45) is 2.57. The molecule has 1 aliphatic carbocycles. The van der Waals surface area contributed by atoms with Crippen molar-refractivity contribution in [2.75, 3.05) is 13.1 Å². The highest BCUT2D eigenvalue weighted by Gasteiger charge is 2.35. The van der Waals surface area contributed by atoms with Crippen LogP contribution in [0.1, 0.15) is 32.6 Å². The lowest BCUT2D eigenvalue weighted by Gasteiger charge is -2.35. The molecule has 2 rings (SSSR count). The lowest BCUT2D eigenvalue weighted by Crippen LogP contribution is -2.50. The number of carbonyl (C=O) groups excluding carboxylic acids is 2. The third-order valence-corrected chi connectivity index (χ3v) is 4.67. The number of carbonyl (C=O) groups is 3. The van der Waals surface area contributed by atoms with Gasteiger partial charge in [0.05, 0.1) is 5.92 Å². The summed E-state index contributed by atoms with van der Waals surface area (Å²) in [5.74, 6) is -1.67. The van der Waals surface area contributed by atoms with E-state index in [1.54, 1.807) is 4.90 Å². The van der Waals surface area contributed by atoms with Crippen molar-refractivity contribution in [3.63, 3.8) is 0 Å². The Bertz CT molecular complexity index is 440. The molecule has 1 saturated carbocycles. The van der Waals surface area contributed by atoms with Crippen molar-refractivity contribution in [1.29, 1.82) is 0 Å². The van der Waals surface area contributed by atoms with Crippen molar-refractivity contribution in [3.8, 4) is 0 Å². The van der Waals surface area contributed by atoms with Gasteiger partial charge in [-0.1, -0.05) is 6.92 Å². The first-order chi connectivity index (χ1) is 9.88. The molecule has 2 fully saturated rings. The standard InChI is InChI=1S/C14H23N3O4/c1-8-7-17(5-4-11(8)13(19)20)14(21)16-10-3-2-9(6-10)12(15)18/h8-11H,2-7H2,1H3,(H2,15,18)(H,16,21)(H,19,20)/t8?,9-,10+,11?/m0/s1. The van der Waals surface area contributed by atoms with Crippen LogP contribution in [0.4, 0.5) is 4.79 Å². The van der Waals surface area contributed by atoms with Gasteiger partial charge in [0.1, 0.15) is 0 Å². The topological polar surface area (TPSA) is 113 Å². The molecule has 0 spiro atoms. The molecule has 1 saturated heterocycles. The molecule has 2 unspecified atom stereocenters. The zero-order valence-corrected chi connectivity index (χ0v) is 12.2. The number of nitrogens with two attached hydrogens (primary N) is 1. The van der Waals surface area contributed by atoms with Gasteiger partial charge in [-0.2, -0.15) is 0 Å². The number of piperidine rings is 1. The van der Waals surface area contributed by atoms with Crippen molar-refractivity contribution in [1.82, 2.24) is 10.2 Å². The Hall–Kier alpha value is -1.79. The van der Waals surface area contributed by atoms with Gasteiger partial charge in [0.15, 0.2) is 0 Å². The summed E-state index contributed by atoms with van der Waals surface area (Å²) in [6, 6.07) is -0.177. The summed E-state index contributed by atoms with van der Waals surface area (Å²) >= 11 is 0. The van der Waals surface area contributed by atoms with E-state index in [9.17, 15) is 14.4 Å². The third-order valence-electron chi connectivity index (χ3n) is 4.67. The smallest absolute Gasteiger partial charge is 0.317 e. The first-order valence-electron chi connectivity index (χ1n) is 7.46. The second-order valence-electron chi connectivity index (χ2n) is 6.22. The van der Waals surface area contributed by atoms with Gasteiger partial charge in [-0.05, 0) is 31.6 Å². The minimum Gasteiger partial charge on any atom is -0.481 e. The van der Waals surface area contributed by atoms with Gasteiger partial charge in [-0.15, -0.1) is 0 Å². The van der Waals surface area contributed by atoms with Crippen LogP contribution in [0.3, 0.4) is 0 Å².